The van der Waals surface area contributed by atoms with Crippen LogP contribution in [0.1, 0.15) is 34.6 Å². The van der Waals surface area contributed by atoms with Crippen LogP contribution in [0.15, 0.2) is 42.5 Å². The van der Waals surface area contributed by atoms with Gasteiger partial charge in [-0.15, -0.1) is 11.8 Å². The second kappa shape index (κ2) is 9.16. The second-order valence-electron chi connectivity index (χ2n) is 6.26. The van der Waals surface area contributed by atoms with E-state index in [1.54, 1.807) is 18.2 Å². The van der Waals surface area contributed by atoms with Gasteiger partial charge in [0.05, 0.1) is 16.7 Å². The maximum Gasteiger partial charge on any atom is 0.329 e. The molecule has 148 valence electrons. The van der Waals surface area contributed by atoms with Crippen LogP contribution < -0.4 is 0 Å². The quantitative estimate of drug-likeness (QED) is 0.587. The lowest BCUT2D eigenvalue weighted by Crippen LogP contribution is -2.44. The van der Waals surface area contributed by atoms with Gasteiger partial charge in [0.15, 0.2) is 0 Å². The fourth-order valence-corrected chi connectivity index (χ4v) is 4.61. The Morgan fingerprint density at radius 3 is 2.54 bits per heavy atom. The normalized spacial score (nSPS) is 18.9. The van der Waals surface area contributed by atoms with E-state index in [0.717, 1.165) is 5.56 Å². The molecule has 0 aliphatic carbocycles. The Balaban J connectivity index is 1.96. The number of thioether (sulfide) groups is 1. The summed E-state index contributed by atoms with van der Waals surface area (Å²) >= 11 is 13.6. The third-order valence-electron chi connectivity index (χ3n) is 4.28. The summed E-state index contributed by atoms with van der Waals surface area (Å²) in [5, 5.41) is 0.334. The van der Waals surface area contributed by atoms with E-state index < -0.39 is 23.2 Å². The predicted octanol–water partition coefficient (Wildman–Crippen LogP) is 5.34. The topological polar surface area (TPSA) is 46.6 Å². The van der Waals surface area contributed by atoms with E-state index in [4.69, 9.17) is 27.9 Å². The summed E-state index contributed by atoms with van der Waals surface area (Å²) in [6.45, 7) is 2.19. The number of carbonyl (C=O) groups excluding carboxylic acids is 2. The van der Waals surface area contributed by atoms with Crippen LogP contribution in [-0.4, -0.2) is 35.2 Å². The summed E-state index contributed by atoms with van der Waals surface area (Å²) in [5.41, 5.74) is 1.04. The molecule has 0 spiro atoms. The lowest BCUT2D eigenvalue weighted by atomic mass is 10.1. The molecule has 0 saturated carbocycles. The summed E-state index contributed by atoms with van der Waals surface area (Å²) in [6.07, 6.45) is 0.688. The van der Waals surface area contributed by atoms with Crippen molar-refractivity contribution in [2.75, 3.05) is 12.4 Å². The van der Waals surface area contributed by atoms with Crippen LogP contribution in [0.25, 0.3) is 0 Å². The molecule has 1 amide bonds. The Morgan fingerprint density at radius 1 is 1.18 bits per heavy atom. The molecule has 2 aromatic rings. The number of benzene rings is 2. The molecule has 0 radical (unpaired) electrons. The van der Waals surface area contributed by atoms with E-state index in [2.05, 4.69) is 0 Å². The van der Waals surface area contributed by atoms with Gasteiger partial charge in [-0.2, -0.15) is 0 Å². The maximum atomic E-state index is 13.3. The average Bonchev–Trinajstić information content (AvgIpc) is 3.13. The molecule has 8 heteroatoms. The lowest BCUT2D eigenvalue weighted by Gasteiger charge is -2.29. The summed E-state index contributed by atoms with van der Waals surface area (Å²) in [7, 11) is 0. The highest BCUT2D eigenvalue weighted by atomic mass is 35.5. The molecule has 2 atom stereocenters. The molecular formula is C20H18Cl2FNO3S. The first-order chi connectivity index (χ1) is 13.4. The zero-order valence-electron chi connectivity index (χ0n) is 15.0. The molecule has 1 aliphatic rings. The maximum absolute atomic E-state index is 13.3. The summed E-state index contributed by atoms with van der Waals surface area (Å²) in [5.74, 6) is -0.875. The van der Waals surface area contributed by atoms with Crippen LogP contribution >= 0.6 is 35.0 Å². The number of ether oxygens (including phenoxy) is 1. The first kappa shape index (κ1) is 21.0. The molecule has 1 heterocycles. The van der Waals surface area contributed by atoms with Crippen LogP contribution in [0.2, 0.25) is 10.0 Å². The number of nitrogens with zero attached hydrogens (tertiary/aromatic N) is 1. The number of hydrogen-bond acceptors (Lipinski definition) is 4. The monoisotopic (exact) mass is 441 g/mol. The highest BCUT2D eigenvalue weighted by molar-refractivity contribution is 7.99. The first-order valence-electron chi connectivity index (χ1n) is 8.73. The number of esters is 1. The van der Waals surface area contributed by atoms with Crippen molar-refractivity contribution < 1.29 is 18.7 Å². The van der Waals surface area contributed by atoms with Gasteiger partial charge in [-0.05, 0) is 48.4 Å². The van der Waals surface area contributed by atoms with Gasteiger partial charge in [0.1, 0.15) is 17.2 Å². The van der Waals surface area contributed by atoms with E-state index in [9.17, 15) is 14.0 Å². The molecular weight excluding hydrogens is 424 g/mol. The zero-order valence-corrected chi connectivity index (χ0v) is 17.4. The van der Waals surface area contributed by atoms with Crippen molar-refractivity contribution >= 4 is 46.8 Å². The van der Waals surface area contributed by atoms with Crippen molar-refractivity contribution in [1.29, 1.82) is 0 Å². The van der Waals surface area contributed by atoms with Gasteiger partial charge in [-0.1, -0.05) is 36.2 Å². The standard InChI is InChI=1S/C20H18Cl2FNO3S/c1-2-9-27-20(26)17-11-28-19(13-5-8-15(21)16(22)10-13)24(17)18(25)12-3-6-14(23)7-4-12/h3-8,10,17,19H,2,9,11H2,1H3. The number of carbonyl (C=O) groups is 2. The molecule has 0 N–H and O–H groups in total. The van der Waals surface area contributed by atoms with Gasteiger partial charge in [-0.3, -0.25) is 4.79 Å². The number of amides is 1. The van der Waals surface area contributed by atoms with Crippen LogP contribution in [0.4, 0.5) is 4.39 Å². The number of hydrogen-bond donors (Lipinski definition) is 0. The summed E-state index contributed by atoms with van der Waals surface area (Å²) in [6, 6.07) is 9.62. The molecule has 28 heavy (non-hydrogen) atoms. The van der Waals surface area contributed by atoms with Gasteiger partial charge in [0, 0.05) is 11.3 Å². The fourth-order valence-electron chi connectivity index (χ4n) is 2.90. The van der Waals surface area contributed by atoms with Gasteiger partial charge in [0.25, 0.3) is 5.91 Å². The van der Waals surface area contributed by atoms with Crippen LogP contribution in [-0.2, 0) is 9.53 Å². The molecule has 1 aliphatic heterocycles. The smallest absolute Gasteiger partial charge is 0.329 e. The highest BCUT2D eigenvalue weighted by Crippen LogP contribution is 2.43. The first-order valence-corrected chi connectivity index (χ1v) is 10.5. The Labute approximate surface area is 176 Å². The van der Waals surface area contributed by atoms with Crippen molar-refractivity contribution in [2.24, 2.45) is 0 Å². The highest BCUT2D eigenvalue weighted by Gasteiger charge is 2.43. The minimum absolute atomic E-state index is 0.288. The lowest BCUT2D eigenvalue weighted by molar-refractivity contribution is -0.148. The molecule has 3 rings (SSSR count). The van der Waals surface area contributed by atoms with Crippen molar-refractivity contribution in [3.05, 3.63) is 69.5 Å². The van der Waals surface area contributed by atoms with Gasteiger partial charge < -0.3 is 9.64 Å². The molecule has 4 nitrogen and oxygen atoms in total. The Kier molecular flexibility index (Phi) is 6.86. The predicted molar refractivity (Wildman–Crippen MR) is 109 cm³/mol. The van der Waals surface area contributed by atoms with Crippen molar-refractivity contribution in [3.8, 4) is 0 Å². The Bertz CT molecular complexity index is 878. The Hall–Kier alpha value is -1.76. The van der Waals surface area contributed by atoms with E-state index in [1.165, 1.54) is 40.9 Å². The van der Waals surface area contributed by atoms with Crippen LogP contribution in [0, 0.1) is 5.82 Å². The van der Waals surface area contributed by atoms with Crippen molar-refractivity contribution in [2.45, 2.75) is 24.8 Å². The second-order valence-corrected chi connectivity index (χ2v) is 8.19. The third kappa shape index (κ3) is 4.45. The van der Waals surface area contributed by atoms with Crippen LogP contribution in [0.3, 0.4) is 0 Å². The van der Waals surface area contributed by atoms with Gasteiger partial charge in [-0.25, -0.2) is 9.18 Å². The van der Waals surface area contributed by atoms with Crippen molar-refractivity contribution in [3.63, 3.8) is 0 Å². The molecule has 0 bridgehead atoms. The molecule has 0 aromatic heterocycles. The molecule has 1 fully saturated rings. The fraction of sp³-hybridized carbons (Fsp3) is 0.300. The van der Waals surface area contributed by atoms with Crippen LogP contribution in [0.5, 0.6) is 0 Å². The molecule has 1 saturated heterocycles. The zero-order chi connectivity index (χ0) is 20.3. The summed E-state index contributed by atoms with van der Waals surface area (Å²) < 4.78 is 18.5. The van der Waals surface area contributed by atoms with E-state index >= 15 is 0 Å². The summed E-state index contributed by atoms with van der Waals surface area (Å²) in [4.78, 5) is 27.3. The molecule has 2 unspecified atom stereocenters. The van der Waals surface area contributed by atoms with E-state index in [1.807, 2.05) is 6.92 Å². The van der Waals surface area contributed by atoms with Gasteiger partial charge in [0.2, 0.25) is 0 Å². The SMILES string of the molecule is CCCOC(=O)C1CSC(c2ccc(Cl)c(Cl)c2)N1C(=O)c1ccc(F)cc1. The Morgan fingerprint density at radius 2 is 1.89 bits per heavy atom. The minimum atomic E-state index is -0.742. The molecule has 2 aromatic carbocycles. The average molecular weight is 442 g/mol. The number of rotatable bonds is 5. The largest absolute Gasteiger partial charge is 0.464 e. The van der Waals surface area contributed by atoms with Crippen molar-refractivity contribution in [1.82, 2.24) is 4.90 Å². The third-order valence-corrected chi connectivity index (χ3v) is 6.34. The van der Waals surface area contributed by atoms with E-state index in [-0.39, 0.29) is 12.5 Å². The number of halogens is 3. The van der Waals surface area contributed by atoms with Gasteiger partial charge >= 0.3 is 5.97 Å². The van der Waals surface area contributed by atoms with E-state index in [0.29, 0.717) is 27.8 Å². The minimum Gasteiger partial charge on any atom is -0.464 e.